The number of hydrogen-bond donors (Lipinski definition) is 0. The van der Waals surface area contributed by atoms with Crippen molar-refractivity contribution in [1.29, 1.82) is 0 Å². The van der Waals surface area contributed by atoms with Gasteiger partial charge in [0, 0.05) is 12.8 Å². The van der Waals surface area contributed by atoms with E-state index in [1.807, 2.05) is 21.1 Å². The Morgan fingerprint density at radius 1 is 0.329 bits per heavy atom. The molecule has 0 fully saturated rings. The van der Waals surface area contributed by atoms with Crippen LogP contribution in [-0.2, 0) is 32.7 Å². The molecule has 0 aliphatic rings. The highest BCUT2D eigenvalue weighted by Gasteiger charge is 2.22. The maximum atomic E-state index is 12.9. The molecule has 82 heavy (non-hydrogen) atoms. The SMILES string of the molecule is CCCCCCCCCCCCCCCCCCCCCCCCCCCCCCCCCCCCC(=O)OC(COC(=O)CCCCCCCCCCCCCCCCCCCCCCCCCC)COP(=O)([O-])OCC[N+](C)(C)C. The molecule has 0 aromatic rings. The minimum absolute atomic E-state index is 0.0248. The third-order valence-electron chi connectivity index (χ3n) is 17.1. The van der Waals surface area contributed by atoms with Crippen LogP contribution in [0.1, 0.15) is 399 Å². The summed E-state index contributed by atoms with van der Waals surface area (Å²) in [6.07, 6.45) is 77.8. The minimum Gasteiger partial charge on any atom is -0.756 e. The number of ether oxygens (including phenoxy) is 2. The van der Waals surface area contributed by atoms with Crippen LogP contribution in [0, 0.1) is 0 Å². The van der Waals surface area contributed by atoms with Crippen molar-refractivity contribution in [3.05, 3.63) is 0 Å². The van der Waals surface area contributed by atoms with Crippen molar-refractivity contribution < 1.29 is 42.1 Å². The Morgan fingerprint density at radius 3 is 0.780 bits per heavy atom. The Morgan fingerprint density at radius 2 is 0.549 bits per heavy atom. The van der Waals surface area contributed by atoms with Crippen molar-refractivity contribution in [2.75, 3.05) is 47.5 Å². The second-order valence-corrected chi connectivity index (χ2v) is 28.1. The van der Waals surface area contributed by atoms with Gasteiger partial charge in [-0.3, -0.25) is 14.2 Å². The number of nitrogens with zero attached hydrogens (tertiary/aromatic N) is 1. The van der Waals surface area contributed by atoms with Gasteiger partial charge in [0.15, 0.2) is 6.10 Å². The maximum absolute atomic E-state index is 12.9. The second kappa shape index (κ2) is 64.5. The summed E-state index contributed by atoms with van der Waals surface area (Å²) < 4.78 is 34.4. The number of likely N-dealkylation sites (N-methyl/N-ethyl adjacent to an activating group) is 1. The summed E-state index contributed by atoms with van der Waals surface area (Å²) in [5.41, 5.74) is 0. The molecule has 0 spiro atoms. The van der Waals surface area contributed by atoms with Crippen molar-refractivity contribution in [3.8, 4) is 0 Å². The van der Waals surface area contributed by atoms with Gasteiger partial charge in [0.1, 0.15) is 19.8 Å². The predicted molar refractivity (Wildman–Crippen MR) is 352 cm³/mol. The van der Waals surface area contributed by atoms with Gasteiger partial charge in [0.25, 0.3) is 7.82 Å². The van der Waals surface area contributed by atoms with Gasteiger partial charge in [-0.2, -0.15) is 0 Å². The third-order valence-corrected chi connectivity index (χ3v) is 18.1. The fourth-order valence-corrected chi connectivity index (χ4v) is 12.2. The normalized spacial score (nSPS) is 13.0. The van der Waals surface area contributed by atoms with Crippen LogP contribution in [0.5, 0.6) is 0 Å². The lowest BCUT2D eigenvalue weighted by Crippen LogP contribution is -2.37. The van der Waals surface area contributed by atoms with Crippen molar-refractivity contribution >= 4 is 19.8 Å². The van der Waals surface area contributed by atoms with Crippen LogP contribution in [0.3, 0.4) is 0 Å². The molecule has 0 radical (unpaired) electrons. The molecule has 490 valence electrons. The number of phosphoric ester groups is 1. The molecule has 0 bridgehead atoms. The summed E-state index contributed by atoms with van der Waals surface area (Å²) in [7, 11) is 1.20. The highest BCUT2D eigenvalue weighted by Crippen LogP contribution is 2.38. The topological polar surface area (TPSA) is 111 Å². The largest absolute Gasteiger partial charge is 0.756 e. The van der Waals surface area contributed by atoms with Gasteiger partial charge >= 0.3 is 11.9 Å². The summed E-state index contributed by atoms with van der Waals surface area (Å²) in [6.45, 7) is 4.34. The molecule has 0 heterocycles. The summed E-state index contributed by atoms with van der Waals surface area (Å²) in [6, 6.07) is 0. The van der Waals surface area contributed by atoms with E-state index in [1.165, 1.54) is 334 Å². The molecule has 2 atom stereocenters. The average molecular weight is 1180 g/mol. The van der Waals surface area contributed by atoms with Crippen LogP contribution < -0.4 is 4.89 Å². The van der Waals surface area contributed by atoms with E-state index < -0.39 is 26.5 Å². The van der Waals surface area contributed by atoms with E-state index in [-0.39, 0.29) is 32.0 Å². The van der Waals surface area contributed by atoms with Gasteiger partial charge in [0.2, 0.25) is 0 Å². The lowest BCUT2D eigenvalue weighted by atomic mass is 10.0. The predicted octanol–water partition coefficient (Wildman–Crippen LogP) is 23.1. The van der Waals surface area contributed by atoms with Gasteiger partial charge in [-0.1, -0.05) is 373 Å². The van der Waals surface area contributed by atoms with E-state index in [0.717, 1.165) is 32.1 Å². The first-order valence-electron chi connectivity index (χ1n) is 36.7. The summed E-state index contributed by atoms with van der Waals surface area (Å²) in [4.78, 5) is 38.1. The van der Waals surface area contributed by atoms with E-state index in [4.69, 9.17) is 18.5 Å². The van der Waals surface area contributed by atoms with Crippen LogP contribution in [0.25, 0.3) is 0 Å². The van der Waals surface area contributed by atoms with Crippen LogP contribution in [0.2, 0.25) is 0 Å². The molecule has 0 saturated heterocycles. The van der Waals surface area contributed by atoms with E-state index in [2.05, 4.69) is 13.8 Å². The lowest BCUT2D eigenvalue weighted by molar-refractivity contribution is -0.870. The van der Waals surface area contributed by atoms with Gasteiger partial charge in [-0.05, 0) is 12.8 Å². The van der Waals surface area contributed by atoms with E-state index >= 15 is 0 Å². The van der Waals surface area contributed by atoms with Crippen LogP contribution in [-0.4, -0.2) is 70.0 Å². The molecule has 0 aromatic carbocycles. The highest BCUT2D eigenvalue weighted by atomic mass is 31.2. The molecule has 0 rings (SSSR count). The monoisotopic (exact) mass is 1180 g/mol. The fourth-order valence-electron chi connectivity index (χ4n) is 11.5. The van der Waals surface area contributed by atoms with E-state index in [9.17, 15) is 19.0 Å². The van der Waals surface area contributed by atoms with Crippen LogP contribution in [0.15, 0.2) is 0 Å². The van der Waals surface area contributed by atoms with Crippen molar-refractivity contribution in [3.63, 3.8) is 0 Å². The van der Waals surface area contributed by atoms with Gasteiger partial charge in [-0.25, -0.2) is 0 Å². The van der Waals surface area contributed by atoms with E-state index in [1.54, 1.807) is 0 Å². The molecular formula is C72H144NO8P. The van der Waals surface area contributed by atoms with Gasteiger partial charge in [-0.15, -0.1) is 0 Å². The van der Waals surface area contributed by atoms with Gasteiger partial charge < -0.3 is 27.9 Å². The Bertz CT molecular complexity index is 1340. The molecule has 0 aliphatic heterocycles. The lowest BCUT2D eigenvalue weighted by Gasteiger charge is -2.28. The Labute approximate surface area is 512 Å². The van der Waals surface area contributed by atoms with Crippen molar-refractivity contribution in [1.82, 2.24) is 0 Å². The summed E-state index contributed by atoms with van der Waals surface area (Å²) in [5.74, 6) is -0.803. The zero-order valence-electron chi connectivity index (χ0n) is 56.0. The molecule has 9 nitrogen and oxygen atoms in total. The Hall–Kier alpha value is -0.990. The first-order chi connectivity index (χ1) is 40.0. The van der Waals surface area contributed by atoms with Crippen LogP contribution in [0.4, 0.5) is 0 Å². The zero-order valence-corrected chi connectivity index (χ0v) is 56.9. The number of phosphoric acid groups is 1. The maximum Gasteiger partial charge on any atom is 0.306 e. The number of carbonyl (C=O) groups excluding carboxylic acids is 2. The molecule has 0 saturated carbocycles. The Balaban J connectivity index is 3.92. The number of unbranched alkanes of at least 4 members (excludes halogenated alkanes) is 56. The third kappa shape index (κ3) is 68.1. The number of rotatable bonds is 70. The number of carbonyl (C=O) groups is 2. The molecule has 0 amide bonds. The quantitative estimate of drug-likeness (QED) is 0.0256. The van der Waals surface area contributed by atoms with E-state index in [0.29, 0.717) is 17.4 Å². The molecule has 2 unspecified atom stereocenters. The average Bonchev–Trinajstić information content (AvgIpc) is 3.46. The van der Waals surface area contributed by atoms with Crippen LogP contribution >= 0.6 is 7.82 Å². The molecular weight excluding hydrogens is 1040 g/mol. The molecule has 10 heteroatoms. The molecule has 0 N–H and O–H groups in total. The fraction of sp³-hybridized carbons (Fsp3) is 0.972. The number of hydrogen-bond acceptors (Lipinski definition) is 8. The summed E-state index contributed by atoms with van der Waals surface area (Å²) in [5, 5.41) is 0. The van der Waals surface area contributed by atoms with Crippen molar-refractivity contribution in [2.24, 2.45) is 0 Å². The molecule has 0 aromatic heterocycles. The minimum atomic E-state index is -4.63. The first-order valence-corrected chi connectivity index (χ1v) is 38.2. The standard InChI is InChI=1S/C72H144NO8P/c1-6-8-10-12-14-16-18-20-22-24-26-28-30-32-33-34-35-36-37-38-39-40-41-43-45-47-49-51-53-55-57-59-61-63-65-72(75)81-70(69-80-82(76,77)79-67-66-73(3,4)5)68-78-71(74)64-62-60-58-56-54-52-50-48-46-44-42-31-29-27-25-23-21-19-17-15-13-11-9-7-2/h70H,6-69H2,1-5H3. The zero-order chi connectivity index (χ0) is 59.8. The number of quaternary nitrogens is 1. The second-order valence-electron chi connectivity index (χ2n) is 26.7. The Kier molecular flexibility index (Phi) is 63.7. The van der Waals surface area contributed by atoms with Crippen molar-refractivity contribution in [2.45, 2.75) is 405 Å². The first kappa shape index (κ1) is 81.0. The molecule has 0 aliphatic carbocycles. The highest BCUT2D eigenvalue weighted by molar-refractivity contribution is 7.45. The van der Waals surface area contributed by atoms with Gasteiger partial charge in [0.05, 0.1) is 27.7 Å². The smallest absolute Gasteiger partial charge is 0.306 e. The number of esters is 2. The summed E-state index contributed by atoms with van der Waals surface area (Å²) >= 11 is 0.